The summed E-state index contributed by atoms with van der Waals surface area (Å²) in [5, 5.41) is 2.65. The van der Waals surface area contributed by atoms with Crippen molar-refractivity contribution >= 4 is 18.3 Å². The third-order valence-electron chi connectivity index (χ3n) is 3.63. The predicted molar refractivity (Wildman–Crippen MR) is 89.2 cm³/mol. The van der Waals surface area contributed by atoms with Gasteiger partial charge < -0.3 is 15.8 Å². The van der Waals surface area contributed by atoms with Crippen LogP contribution in [0.5, 0.6) is 5.75 Å². The number of carbonyl (C=O) groups excluding carboxylic acids is 1. The summed E-state index contributed by atoms with van der Waals surface area (Å²) in [6.07, 6.45) is -3.72. The first kappa shape index (κ1) is 22.5. The molecule has 3 unspecified atom stereocenters. The maximum absolute atomic E-state index is 12.9. The molecule has 0 bridgehead atoms. The topological polar surface area (TPSA) is 64.4 Å². The molecule has 1 amide bonds. The van der Waals surface area contributed by atoms with Gasteiger partial charge in [-0.15, -0.1) is 12.4 Å². The lowest BCUT2D eigenvalue weighted by Gasteiger charge is -2.22. The summed E-state index contributed by atoms with van der Waals surface area (Å²) in [5.74, 6) is -0.569. The number of nitrogens with one attached hydrogen (secondary N) is 1. The molecular formula is C16H24ClF3N2O2. The highest BCUT2D eigenvalue weighted by Crippen LogP contribution is 2.35. The Morgan fingerprint density at radius 2 is 1.88 bits per heavy atom. The van der Waals surface area contributed by atoms with Crippen LogP contribution in [0.4, 0.5) is 13.2 Å². The average molecular weight is 369 g/mol. The smallest absolute Gasteiger partial charge is 0.419 e. The second-order valence-corrected chi connectivity index (χ2v) is 5.63. The molecule has 138 valence electrons. The molecule has 3 N–H and O–H groups in total. The minimum Gasteiger partial charge on any atom is -0.491 e. The van der Waals surface area contributed by atoms with E-state index < -0.39 is 23.8 Å². The van der Waals surface area contributed by atoms with Crippen molar-refractivity contribution in [2.75, 3.05) is 6.61 Å². The van der Waals surface area contributed by atoms with Gasteiger partial charge in [0.15, 0.2) is 0 Å². The van der Waals surface area contributed by atoms with E-state index in [9.17, 15) is 18.0 Å². The normalized spacial score (nSPS) is 15.0. The first-order chi connectivity index (χ1) is 10.7. The molecule has 4 nitrogen and oxygen atoms in total. The van der Waals surface area contributed by atoms with Gasteiger partial charge >= 0.3 is 6.18 Å². The van der Waals surface area contributed by atoms with Crippen LogP contribution in [0.3, 0.4) is 0 Å². The second kappa shape index (κ2) is 9.74. The summed E-state index contributed by atoms with van der Waals surface area (Å²) in [6, 6.07) is 3.86. The SMILES string of the molecule is CCC(C)C(N)C(=O)NC(C)COc1ccccc1C(F)(F)F.Cl. The summed E-state index contributed by atoms with van der Waals surface area (Å²) < 4.78 is 43.8. The van der Waals surface area contributed by atoms with Gasteiger partial charge in [-0.05, 0) is 25.0 Å². The van der Waals surface area contributed by atoms with Crippen LogP contribution >= 0.6 is 12.4 Å². The Morgan fingerprint density at radius 1 is 1.29 bits per heavy atom. The van der Waals surface area contributed by atoms with Crippen LogP contribution in [0.25, 0.3) is 0 Å². The molecule has 0 radical (unpaired) electrons. The van der Waals surface area contributed by atoms with Crippen LogP contribution < -0.4 is 15.8 Å². The summed E-state index contributed by atoms with van der Waals surface area (Å²) in [6.45, 7) is 5.37. The Bertz CT molecular complexity index is 526. The highest BCUT2D eigenvalue weighted by molar-refractivity contribution is 5.85. The first-order valence-corrected chi connectivity index (χ1v) is 7.51. The zero-order chi connectivity index (χ0) is 17.6. The number of para-hydroxylation sites is 1. The van der Waals surface area contributed by atoms with E-state index in [0.717, 1.165) is 12.5 Å². The van der Waals surface area contributed by atoms with Gasteiger partial charge in [0.25, 0.3) is 0 Å². The number of alkyl halides is 3. The minimum absolute atomic E-state index is 0. The molecule has 0 saturated heterocycles. The number of amides is 1. The number of hydrogen-bond donors (Lipinski definition) is 2. The number of hydrogen-bond acceptors (Lipinski definition) is 3. The fraction of sp³-hybridized carbons (Fsp3) is 0.562. The lowest BCUT2D eigenvalue weighted by atomic mass is 9.99. The summed E-state index contributed by atoms with van der Waals surface area (Å²) in [7, 11) is 0. The molecule has 0 spiro atoms. The van der Waals surface area contributed by atoms with Crippen LogP contribution in [0, 0.1) is 5.92 Å². The van der Waals surface area contributed by atoms with Crippen molar-refractivity contribution in [1.29, 1.82) is 0 Å². The Labute approximate surface area is 146 Å². The summed E-state index contributed by atoms with van der Waals surface area (Å²) >= 11 is 0. The fourth-order valence-corrected chi connectivity index (χ4v) is 1.93. The highest BCUT2D eigenvalue weighted by Gasteiger charge is 2.34. The van der Waals surface area contributed by atoms with Crippen LogP contribution in [-0.2, 0) is 11.0 Å². The molecule has 24 heavy (non-hydrogen) atoms. The van der Waals surface area contributed by atoms with Crippen molar-refractivity contribution in [3.63, 3.8) is 0 Å². The maximum Gasteiger partial charge on any atom is 0.419 e. The van der Waals surface area contributed by atoms with Crippen molar-refractivity contribution in [2.24, 2.45) is 11.7 Å². The van der Waals surface area contributed by atoms with Gasteiger partial charge in [0.2, 0.25) is 5.91 Å². The van der Waals surface area contributed by atoms with Crippen LogP contribution in [0.15, 0.2) is 24.3 Å². The quantitative estimate of drug-likeness (QED) is 0.775. The Kier molecular flexibility index (Phi) is 9.14. The van der Waals surface area contributed by atoms with Crippen molar-refractivity contribution in [1.82, 2.24) is 5.32 Å². The second-order valence-electron chi connectivity index (χ2n) is 5.63. The van der Waals surface area contributed by atoms with Gasteiger partial charge in [-0.25, -0.2) is 0 Å². The van der Waals surface area contributed by atoms with Gasteiger partial charge in [-0.3, -0.25) is 4.79 Å². The number of benzene rings is 1. The molecule has 0 saturated carbocycles. The van der Waals surface area contributed by atoms with Crippen LogP contribution in [0.2, 0.25) is 0 Å². The molecule has 0 aliphatic rings. The van der Waals surface area contributed by atoms with E-state index in [-0.39, 0.29) is 36.6 Å². The standard InChI is InChI=1S/C16H23F3N2O2.ClH/c1-4-10(2)14(20)15(22)21-11(3)9-23-13-8-6-5-7-12(13)16(17,18)19;/h5-8,10-11,14H,4,9,20H2,1-3H3,(H,21,22);1H. The fourth-order valence-electron chi connectivity index (χ4n) is 1.93. The van der Waals surface area contributed by atoms with E-state index in [0.29, 0.717) is 0 Å². The molecule has 3 atom stereocenters. The van der Waals surface area contributed by atoms with E-state index in [1.165, 1.54) is 18.2 Å². The lowest BCUT2D eigenvalue weighted by molar-refractivity contribution is -0.139. The number of ether oxygens (including phenoxy) is 1. The monoisotopic (exact) mass is 368 g/mol. The molecule has 0 aliphatic heterocycles. The summed E-state index contributed by atoms with van der Waals surface area (Å²) in [5.41, 5.74) is 4.97. The number of rotatable bonds is 7. The average Bonchev–Trinajstić information content (AvgIpc) is 2.50. The third kappa shape index (κ3) is 6.57. The zero-order valence-corrected chi connectivity index (χ0v) is 14.7. The predicted octanol–water partition coefficient (Wildman–Crippen LogP) is 3.38. The molecular weight excluding hydrogens is 345 g/mol. The van der Waals surface area contributed by atoms with E-state index in [2.05, 4.69) is 5.32 Å². The van der Waals surface area contributed by atoms with Crippen molar-refractivity contribution < 1.29 is 22.7 Å². The van der Waals surface area contributed by atoms with E-state index in [1.54, 1.807) is 6.92 Å². The summed E-state index contributed by atoms with van der Waals surface area (Å²) in [4.78, 5) is 11.9. The maximum atomic E-state index is 12.9. The van der Waals surface area contributed by atoms with Crippen molar-refractivity contribution in [2.45, 2.75) is 45.5 Å². The van der Waals surface area contributed by atoms with Gasteiger partial charge in [-0.2, -0.15) is 13.2 Å². The molecule has 1 rings (SSSR count). The van der Waals surface area contributed by atoms with Crippen LogP contribution in [0.1, 0.15) is 32.8 Å². The van der Waals surface area contributed by atoms with Crippen molar-refractivity contribution in [3.8, 4) is 5.75 Å². The molecule has 0 fully saturated rings. The van der Waals surface area contributed by atoms with E-state index in [4.69, 9.17) is 10.5 Å². The number of carbonyl (C=O) groups is 1. The Morgan fingerprint density at radius 3 is 2.42 bits per heavy atom. The van der Waals surface area contributed by atoms with Gasteiger partial charge in [0, 0.05) is 0 Å². The molecule has 0 aromatic heterocycles. The Balaban J connectivity index is 0.00000529. The van der Waals surface area contributed by atoms with Crippen LogP contribution in [-0.4, -0.2) is 24.6 Å². The zero-order valence-electron chi connectivity index (χ0n) is 13.9. The molecule has 0 aliphatic carbocycles. The molecule has 8 heteroatoms. The van der Waals surface area contributed by atoms with E-state index >= 15 is 0 Å². The minimum atomic E-state index is -4.48. The molecule has 1 aromatic carbocycles. The third-order valence-corrected chi connectivity index (χ3v) is 3.63. The number of nitrogens with two attached hydrogens (primary N) is 1. The van der Waals surface area contributed by atoms with Gasteiger partial charge in [0.05, 0.1) is 17.6 Å². The lowest BCUT2D eigenvalue weighted by Crippen LogP contribution is -2.49. The van der Waals surface area contributed by atoms with Gasteiger partial charge in [-0.1, -0.05) is 32.4 Å². The van der Waals surface area contributed by atoms with Gasteiger partial charge in [0.1, 0.15) is 12.4 Å². The van der Waals surface area contributed by atoms with E-state index in [1.807, 2.05) is 13.8 Å². The molecule has 1 aromatic rings. The van der Waals surface area contributed by atoms with Crippen molar-refractivity contribution in [3.05, 3.63) is 29.8 Å². The largest absolute Gasteiger partial charge is 0.491 e. The first-order valence-electron chi connectivity index (χ1n) is 7.51. The molecule has 0 heterocycles. The Hall–Kier alpha value is -1.47. The number of halogens is 4. The highest BCUT2D eigenvalue weighted by atomic mass is 35.5.